The van der Waals surface area contributed by atoms with Crippen molar-refractivity contribution in [1.29, 1.82) is 5.26 Å². The van der Waals surface area contributed by atoms with Crippen LogP contribution in [0.3, 0.4) is 0 Å². The van der Waals surface area contributed by atoms with Gasteiger partial charge in [0, 0.05) is 5.56 Å². The highest BCUT2D eigenvalue weighted by Crippen LogP contribution is 2.28. The van der Waals surface area contributed by atoms with Crippen molar-refractivity contribution in [2.75, 3.05) is 4.72 Å². The number of H-pyrrole nitrogens is 1. The third kappa shape index (κ3) is 3.78. The molecule has 0 saturated heterocycles. The third-order valence-electron chi connectivity index (χ3n) is 3.82. The number of sulfonamides is 1. The number of hydrogen-bond acceptors (Lipinski definition) is 7. The summed E-state index contributed by atoms with van der Waals surface area (Å²) in [5.41, 5.74) is -2.01. The summed E-state index contributed by atoms with van der Waals surface area (Å²) in [6.45, 7) is 0. The maximum absolute atomic E-state index is 12.8. The second-order valence-corrected chi connectivity index (χ2v) is 7.33. The fraction of sp³-hybridized carbons (Fsp3) is 0. The largest absolute Gasteiger partial charge is 0.501 e. The Bertz CT molecular complexity index is 1320. The van der Waals surface area contributed by atoms with Gasteiger partial charge in [0.1, 0.15) is 16.8 Å². The number of aromatic nitrogens is 2. The average Bonchev–Trinajstić information content (AvgIpc) is 2.70. The number of aromatic carboxylic acids is 1. The van der Waals surface area contributed by atoms with Gasteiger partial charge in [0.25, 0.3) is 15.6 Å². The Labute approximate surface area is 163 Å². The molecule has 3 rings (SSSR count). The van der Waals surface area contributed by atoms with Crippen LogP contribution in [0.2, 0.25) is 0 Å². The maximum Gasteiger partial charge on any atom is 0.358 e. The molecule has 11 heteroatoms. The number of para-hydroxylation sites is 1. The van der Waals surface area contributed by atoms with E-state index < -0.39 is 33.0 Å². The number of aromatic hydroxyl groups is 1. The van der Waals surface area contributed by atoms with E-state index >= 15 is 0 Å². The molecule has 0 amide bonds. The van der Waals surface area contributed by atoms with Crippen molar-refractivity contribution in [2.24, 2.45) is 0 Å². The Hall–Kier alpha value is -4.17. The molecular weight excluding hydrogens is 400 g/mol. The van der Waals surface area contributed by atoms with Crippen molar-refractivity contribution in [3.8, 4) is 23.2 Å². The van der Waals surface area contributed by atoms with Gasteiger partial charge in [0.15, 0.2) is 5.69 Å². The van der Waals surface area contributed by atoms with Crippen LogP contribution in [-0.4, -0.2) is 34.6 Å². The molecule has 0 saturated carbocycles. The van der Waals surface area contributed by atoms with Gasteiger partial charge in [0.05, 0.1) is 11.3 Å². The lowest BCUT2D eigenvalue weighted by molar-refractivity contribution is 0.0686. The van der Waals surface area contributed by atoms with Crippen molar-refractivity contribution in [3.05, 3.63) is 70.1 Å². The van der Waals surface area contributed by atoms with E-state index in [0.717, 1.165) is 0 Å². The predicted octanol–water partition coefficient (Wildman–Crippen LogP) is 1.51. The maximum atomic E-state index is 12.8. The molecule has 0 unspecified atom stereocenters. The number of nitrogens with zero attached hydrogens (tertiary/aromatic N) is 2. The van der Waals surface area contributed by atoms with Gasteiger partial charge in [-0.3, -0.25) is 9.52 Å². The van der Waals surface area contributed by atoms with E-state index in [2.05, 4.69) is 14.7 Å². The van der Waals surface area contributed by atoms with Gasteiger partial charge in [-0.15, -0.1) is 0 Å². The smallest absolute Gasteiger partial charge is 0.358 e. The van der Waals surface area contributed by atoms with Gasteiger partial charge in [-0.05, 0) is 24.3 Å². The molecule has 3 aromatic rings. The Kier molecular flexibility index (Phi) is 5.03. The molecule has 29 heavy (non-hydrogen) atoms. The van der Waals surface area contributed by atoms with E-state index in [1.54, 1.807) is 6.07 Å². The van der Waals surface area contributed by atoms with Gasteiger partial charge >= 0.3 is 5.97 Å². The predicted molar refractivity (Wildman–Crippen MR) is 101 cm³/mol. The highest BCUT2D eigenvalue weighted by Gasteiger charge is 2.22. The van der Waals surface area contributed by atoms with E-state index in [-0.39, 0.29) is 27.5 Å². The first-order valence-corrected chi connectivity index (χ1v) is 9.41. The number of benzene rings is 2. The van der Waals surface area contributed by atoms with Gasteiger partial charge in [-0.25, -0.2) is 18.2 Å². The molecule has 4 N–H and O–H groups in total. The molecule has 0 fully saturated rings. The molecule has 146 valence electrons. The molecule has 0 aliphatic heterocycles. The van der Waals surface area contributed by atoms with E-state index in [1.165, 1.54) is 48.5 Å². The third-order valence-corrected chi connectivity index (χ3v) is 5.24. The first-order chi connectivity index (χ1) is 13.7. The van der Waals surface area contributed by atoms with E-state index in [1.807, 2.05) is 0 Å². The molecule has 10 nitrogen and oxygen atoms in total. The van der Waals surface area contributed by atoms with Crippen LogP contribution in [-0.2, 0) is 10.0 Å². The number of carboxylic acid groups (broad SMARTS) is 1. The number of nitrogens with one attached hydrogen (secondary N) is 2. The normalized spacial score (nSPS) is 10.9. The van der Waals surface area contributed by atoms with Crippen LogP contribution in [0, 0.1) is 11.3 Å². The fourth-order valence-corrected chi connectivity index (χ4v) is 3.75. The van der Waals surface area contributed by atoms with Crippen molar-refractivity contribution < 1.29 is 23.4 Å². The summed E-state index contributed by atoms with van der Waals surface area (Å²) in [6, 6.07) is 13.2. The summed E-state index contributed by atoms with van der Waals surface area (Å²) in [7, 11) is -4.19. The minimum Gasteiger partial charge on any atom is -0.501 e. The van der Waals surface area contributed by atoms with Crippen LogP contribution >= 0.6 is 0 Å². The zero-order valence-corrected chi connectivity index (χ0v) is 15.3. The second-order valence-electron chi connectivity index (χ2n) is 5.68. The molecule has 1 heterocycles. The van der Waals surface area contributed by atoms with Gasteiger partial charge in [0.2, 0.25) is 5.75 Å². The minimum atomic E-state index is -4.19. The minimum absolute atomic E-state index is 0.0228. The summed E-state index contributed by atoms with van der Waals surface area (Å²) in [4.78, 5) is 28.7. The Morgan fingerprint density at radius 3 is 2.48 bits per heavy atom. The molecule has 0 spiro atoms. The van der Waals surface area contributed by atoms with Crippen LogP contribution in [0.5, 0.6) is 5.75 Å². The molecule has 0 radical (unpaired) electrons. The highest BCUT2D eigenvalue weighted by atomic mass is 32.2. The summed E-state index contributed by atoms with van der Waals surface area (Å²) >= 11 is 0. The van der Waals surface area contributed by atoms with Crippen LogP contribution < -0.4 is 10.3 Å². The lowest BCUT2D eigenvalue weighted by atomic mass is 10.1. The van der Waals surface area contributed by atoms with Gasteiger partial charge in [-0.1, -0.05) is 24.3 Å². The lowest BCUT2D eigenvalue weighted by Gasteiger charge is -2.13. The molecule has 1 aromatic heterocycles. The Morgan fingerprint density at radius 1 is 1.14 bits per heavy atom. The number of nitriles is 1. The molecule has 0 atom stereocenters. The number of rotatable bonds is 5. The fourth-order valence-electron chi connectivity index (χ4n) is 2.52. The van der Waals surface area contributed by atoms with Gasteiger partial charge in [-0.2, -0.15) is 5.26 Å². The van der Waals surface area contributed by atoms with E-state index in [9.17, 15) is 23.1 Å². The van der Waals surface area contributed by atoms with E-state index in [0.29, 0.717) is 0 Å². The Balaban J connectivity index is 2.13. The topological polar surface area (TPSA) is 173 Å². The second kappa shape index (κ2) is 7.45. The standard InChI is InChI=1S/C18H12N4O6S/c19-9-10-5-1-4-8-13(10)29(27,28)22-12-7-3-2-6-11(12)16-20-14(18(25)26)15(23)17(24)21-16/h1-8,22-23H,(H,25,26)(H,20,21,24). The molecule has 0 aliphatic carbocycles. The Morgan fingerprint density at radius 2 is 1.79 bits per heavy atom. The van der Waals surface area contributed by atoms with Crippen LogP contribution in [0.1, 0.15) is 16.1 Å². The first-order valence-electron chi connectivity index (χ1n) is 7.92. The number of hydrogen-bond donors (Lipinski definition) is 4. The molecule has 2 aromatic carbocycles. The molecule has 0 aliphatic rings. The highest BCUT2D eigenvalue weighted by molar-refractivity contribution is 7.92. The quantitative estimate of drug-likeness (QED) is 0.488. The number of carboxylic acids is 1. The lowest BCUT2D eigenvalue weighted by Crippen LogP contribution is -2.17. The molecule has 0 bridgehead atoms. The van der Waals surface area contributed by atoms with Crippen molar-refractivity contribution in [1.82, 2.24) is 9.97 Å². The summed E-state index contributed by atoms with van der Waals surface area (Å²) in [6.07, 6.45) is 0. The summed E-state index contributed by atoms with van der Waals surface area (Å²) in [5, 5.41) is 27.8. The van der Waals surface area contributed by atoms with Crippen LogP contribution in [0.15, 0.2) is 58.2 Å². The zero-order valence-electron chi connectivity index (χ0n) is 14.4. The van der Waals surface area contributed by atoms with Crippen molar-refractivity contribution in [3.63, 3.8) is 0 Å². The van der Waals surface area contributed by atoms with Crippen LogP contribution in [0.25, 0.3) is 11.4 Å². The monoisotopic (exact) mass is 412 g/mol. The number of carbonyl (C=O) groups is 1. The number of anilines is 1. The molecular formula is C18H12N4O6S. The van der Waals surface area contributed by atoms with Crippen molar-refractivity contribution >= 4 is 21.7 Å². The zero-order chi connectivity index (χ0) is 21.2. The first kappa shape index (κ1) is 19.6. The SMILES string of the molecule is N#Cc1ccccc1S(=O)(=O)Nc1ccccc1-c1nc(C(=O)O)c(O)c(=O)[nH]1. The van der Waals surface area contributed by atoms with Crippen molar-refractivity contribution in [2.45, 2.75) is 4.90 Å². The summed E-state index contributed by atoms with van der Waals surface area (Å²) in [5.74, 6) is -2.96. The van der Waals surface area contributed by atoms with Gasteiger partial charge < -0.3 is 15.2 Å². The van der Waals surface area contributed by atoms with Crippen LogP contribution in [0.4, 0.5) is 5.69 Å². The van der Waals surface area contributed by atoms with E-state index in [4.69, 9.17) is 10.4 Å². The number of aromatic amines is 1. The summed E-state index contributed by atoms with van der Waals surface area (Å²) < 4.78 is 27.9. The average molecular weight is 412 g/mol.